The summed E-state index contributed by atoms with van der Waals surface area (Å²) in [6.45, 7) is 5.60. The summed E-state index contributed by atoms with van der Waals surface area (Å²) in [5.41, 5.74) is 9.06. The van der Waals surface area contributed by atoms with Crippen molar-refractivity contribution in [1.29, 1.82) is 0 Å². The predicted octanol–water partition coefficient (Wildman–Crippen LogP) is 2.33. The number of nitrogens with zero attached hydrogens (tertiary/aromatic N) is 1. The average Bonchev–Trinajstić information content (AvgIpc) is 2.27. The highest BCUT2D eigenvalue weighted by Gasteiger charge is 2.16. The van der Waals surface area contributed by atoms with Gasteiger partial charge in [0.25, 0.3) is 0 Å². The van der Waals surface area contributed by atoms with E-state index in [-0.39, 0.29) is 0 Å². The third kappa shape index (κ3) is 3.63. The molecule has 0 aliphatic carbocycles. The molecule has 2 rings (SSSR count). The summed E-state index contributed by atoms with van der Waals surface area (Å²) in [5, 5.41) is 3.51. The van der Waals surface area contributed by atoms with Crippen LogP contribution in [0.25, 0.3) is 0 Å². The third-order valence-corrected chi connectivity index (χ3v) is 3.53. The summed E-state index contributed by atoms with van der Waals surface area (Å²) in [6, 6.07) is 6.17. The van der Waals surface area contributed by atoms with Gasteiger partial charge < -0.3 is 16.0 Å². The van der Waals surface area contributed by atoms with E-state index < -0.39 is 0 Å². The number of nitrogens with one attached hydrogen (secondary N) is 1. The Labute approximate surface area is 104 Å². The first kappa shape index (κ1) is 12.2. The number of anilines is 2. The van der Waals surface area contributed by atoms with Crippen molar-refractivity contribution in [3.8, 4) is 0 Å². The van der Waals surface area contributed by atoms with E-state index in [1.807, 2.05) is 12.1 Å². The second-order valence-electron chi connectivity index (χ2n) is 5.26. The van der Waals surface area contributed by atoms with E-state index in [4.69, 9.17) is 5.73 Å². The van der Waals surface area contributed by atoms with Crippen LogP contribution in [0.1, 0.15) is 18.4 Å². The maximum atomic E-state index is 5.84. The van der Waals surface area contributed by atoms with Crippen LogP contribution < -0.4 is 11.1 Å². The Morgan fingerprint density at radius 3 is 2.65 bits per heavy atom. The normalized spacial score (nSPS) is 18.2. The lowest BCUT2D eigenvalue weighted by Gasteiger charge is -2.29. The van der Waals surface area contributed by atoms with Crippen molar-refractivity contribution in [2.24, 2.45) is 5.92 Å². The molecule has 1 aliphatic heterocycles. The highest BCUT2D eigenvalue weighted by Crippen LogP contribution is 2.19. The molecule has 94 valence electrons. The van der Waals surface area contributed by atoms with Gasteiger partial charge in [-0.25, -0.2) is 0 Å². The molecule has 0 saturated carbocycles. The Morgan fingerprint density at radius 1 is 1.29 bits per heavy atom. The van der Waals surface area contributed by atoms with Gasteiger partial charge in [0.15, 0.2) is 0 Å². The van der Waals surface area contributed by atoms with Crippen LogP contribution in [0.2, 0.25) is 0 Å². The molecule has 3 N–H and O–H groups in total. The lowest BCUT2D eigenvalue weighted by atomic mass is 9.97. The van der Waals surface area contributed by atoms with Gasteiger partial charge in [0.05, 0.1) is 0 Å². The first-order valence-electron chi connectivity index (χ1n) is 6.43. The maximum absolute atomic E-state index is 5.84. The summed E-state index contributed by atoms with van der Waals surface area (Å²) in [6.07, 6.45) is 2.59. The van der Waals surface area contributed by atoms with E-state index in [0.717, 1.165) is 23.8 Å². The molecule has 0 spiro atoms. The highest BCUT2D eigenvalue weighted by atomic mass is 15.1. The monoisotopic (exact) mass is 233 g/mol. The van der Waals surface area contributed by atoms with Crippen molar-refractivity contribution in [1.82, 2.24) is 4.90 Å². The van der Waals surface area contributed by atoms with Crippen LogP contribution in [0.4, 0.5) is 11.4 Å². The molecule has 0 bridgehead atoms. The SMILES string of the molecule is Cc1cc(N)cc(NCC2CCN(C)CC2)c1. The topological polar surface area (TPSA) is 41.3 Å². The van der Waals surface area contributed by atoms with Gasteiger partial charge in [0, 0.05) is 17.9 Å². The van der Waals surface area contributed by atoms with Crippen LogP contribution in [-0.4, -0.2) is 31.6 Å². The minimum Gasteiger partial charge on any atom is -0.399 e. The van der Waals surface area contributed by atoms with E-state index in [0.29, 0.717) is 0 Å². The smallest absolute Gasteiger partial charge is 0.0363 e. The van der Waals surface area contributed by atoms with E-state index in [9.17, 15) is 0 Å². The number of benzene rings is 1. The number of hydrogen-bond acceptors (Lipinski definition) is 3. The van der Waals surface area contributed by atoms with E-state index in [1.54, 1.807) is 0 Å². The number of likely N-dealkylation sites (tertiary alicyclic amines) is 1. The van der Waals surface area contributed by atoms with Gasteiger partial charge in [-0.1, -0.05) is 0 Å². The summed E-state index contributed by atoms with van der Waals surface area (Å²) < 4.78 is 0. The Bertz CT molecular complexity index is 347. The average molecular weight is 233 g/mol. The zero-order valence-electron chi connectivity index (χ0n) is 10.9. The molecule has 17 heavy (non-hydrogen) atoms. The summed E-state index contributed by atoms with van der Waals surface area (Å²) >= 11 is 0. The lowest BCUT2D eigenvalue weighted by Crippen LogP contribution is -2.32. The van der Waals surface area contributed by atoms with Gasteiger partial charge in [-0.2, -0.15) is 0 Å². The molecule has 1 saturated heterocycles. The van der Waals surface area contributed by atoms with Gasteiger partial charge >= 0.3 is 0 Å². The fourth-order valence-electron chi connectivity index (χ4n) is 2.44. The molecular formula is C14H23N3. The van der Waals surface area contributed by atoms with Gasteiger partial charge in [-0.3, -0.25) is 0 Å². The van der Waals surface area contributed by atoms with Gasteiger partial charge in [0.1, 0.15) is 0 Å². The Morgan fingerprint density at radius 2 is 2.00 bits per heavy atom. The van der Waals surface area contributed by atoms with Crippen LogP contribution >= 0.6 is 0 Å². The minimum atomic E-state index is 0.799. The number of nitrogens with two attached hydrogens (primary N) is 1. The fourth-order valence-corrected chi connectivity index (χ4v) is 2.44. The zero-order chi connectivity index (χ0) is 12.3. The lowest BCUT2D eigenvalue weighted by molar-refractivity contribution is 0.226. The zero-order valence-corrected chi connectivity index (χ0v) is 10.9. The first-order chi connectivity index (χ1) is 8.13. The molecule has 0 radical (unpaired) electrons. The molecule has 0 atom stereocenters. The second kappa shape index (κ2) is 5.41. The number of rotatable bonds is 3. The van der Waals surface area contributed by atoms with Crippen molar-refractivity contribution >= 4 is 11.4 Å². The molecular weight excluding hydrogens is 210 g/mol. The molecule has 1 fully saturated rings. The minimum absolute atomic E-state index is 0.799. The van der Waals surface area contributed by atoms with Crippen molar-refractivity contribution < 1.29 is 0 Å². The standard InChI is InChI=1S/C14H23N3/c1-11-7-13(15)9-14(8-11)16-10-12-3-5-17(2)6-4-12/h7-9,12,16H,3-6,10,15H2,1-2H3. The van der Waals surface area contributed by atoms with Gasteiger partial charge in [0.2, 0.25) is 0 Å². The van der Waals surface area contributed by atoms with Crippen LogP contribution in [0, 0.1) is 12.8 Å². The summed E-state index contributed by atoms with van der Waals surface area (Å²) in [5.74, 6) is 0.799. The first-order valence-corrected chi connectivity index (χ1v) is 6.43. The highest BCUT2D eigenvalue weighted by molar-refractivity contribution is 5.56. The second-order valence-corrected chi connectivity index (χ2v) is 5.26. The molecule has 0 aromatic heterocycles. The van der Waals surface area contributed by atoms with Crippen molar-refractivity contribution in [3.63, 3.8) is 0 Å². The fraction of sp³-hybridized carbons (Fsp3) is 0.571. The van der Waals surface area contributed by atoms with Crippen molar-refractivity contribution in [3.05, 3.63) is 23.8 Å². The number of aryl methyl sites for hydroxylation is 1. The number of nitrogen functional groups attached to an aromatic ring is 1. The van der Waals surface area contributed by atoms with Gasteiger partial charge in [-0.15, -0.1) is 0 Å². The molecule has 3 nitrogen and oxygen atoms in total. The van der Waals surface area contributed by atoms with E-state index >= 15 is 0 Å². The Hall–Kier alpha value is -1.22. The maximum Gasteiger partial charge on any atom is 0.0363 e. The van der Waals surface area contributed by atoms with Crippen molar-refractivity contribution in [2.75, 3.05) is 37.7 Å². The molecule has 0 unspecified atom stereocenters. The van der Waals surface area contributed by atoms with Crippen LogP contribution in [0.15, 0.2) is 18.2 Å². The van der Waals surface area contributed by atoms with Crippen molar-refractivity contribution in [2.45, 2.75) is 19.8 Å². The molecule has 1 aliphatic rings. The molecule has 0 amide bonds. The molecule has 1 aromatic carbocycles. The number of hydrogen-bond donors (Lipinski definition) is 2. The largest absolute Gasteiger partial charge is 0.399 e. The predicted molar refractivity (Wildman–Crippen MR) is 74.3 cm³/mol. The van der Waals surface area contributed by atoms with E-state index in [2.05, 4.69) is 30.3 Å². The number of piperidine rings is 1. The third-order valence-electron chi connectivity index (χ3n) is 3.53. The molecule has 1 aromatic rings. The summed E-state index contributed by atoms with van der Waals surface area (Å²) in [7, 11) is 2.20. The Balaban J connectivity index is 1.85. The van der Waals surface area contributed by atoms with E-state index in [1.165, 1.54) is 31.5 Å². The Kier molecular flexibility index (Phi) is 3.89. The van der Waals surface area contributed by atoms with Crippen LogP contribution in [0.5, 0.6) is 0 Å². The van der Waals surface area contributed by atoms with Gasteiger partial charge in [-0.05, 0) is 69.6 Å². The van der Waals surface area contributed by atoms with Crippen LogP contribution in [-0.2, 0) is 0 Å². The molecule has 1 heterocycles. The quantitative estimate of drug-likeness (QED) is 0.787. The molecule has 3 heteroatoms. The summed E-state index contributed by atoms with van der Waals surface area (Å²) in [4.78, 5) is 2.40. The van der Waals surface area contributed by atoms with Crippen LogP contribution in [0.3, 0.4) is 0 Å².